The molecule has 0 aliphatic rings. The summed E-state index contributed by atoms with van der Waals surface area (Å²) < 4.78 is 25.6. The van der Waals surface area contributed by atoms with E-state index in [1.54, 1.807) is 21.6 Å². The minimum Gasteiger partial charge on any atom is -0.378 e. The van der Waals surface area contributed by atoms with E-state index in [0.29, 0.717) is 58.6 Å². The maximum absolute atomic E-state index is 12.2. The second-order valence-corrected chi connectivity index (χ2v) is 14.1. The van der Waals surface area contributed by atoms with Crippen LogP contribution in [0.2, 0.25) is 0 Å². The maximum Gasteiger partial charge on any atom is 0.224 e. The first kappa shape index (κ1) is 35.7. The minimum absolute atomic E-state index is 0.0106. The summed E-state index contributed by atoms with van der Waals surface area (Å²) in [5.41, 5.74) is 1.10. The van der Waals surface area contributed by atoms with E-state index in [0.717, 1.165) is 43.0 Å². The van der Waals surface area contributed by atoms with E-state index in [4.69, 9.17) is 30.1 Å². The first-order valence-corrected chi connectivity index (χ1v) is 18.0. The van der Waals surface area contributed by atoms with Gasteiger partial charge in [-0.15, -0.1) is 0 Å². The molecule has 0 spiro atoms. The molecular formula is C26H47N3O5S4. The minimum atomic E-state index is -0.116. The van der Waals surface area contributed by atoms with Crippen molar-refractivity contribution in [2.45, 2.75) is 56.4 Å². The second-order valence-electron chi connectivity index (χ2n) is 8.79. The van der Waals surface area contributed by atoms with Crippen LogP contribution in [0.5, 0.6) is 0 Å². The average molecular weight is 610 g/mol. The first-order valence-electron chi connectivity index (χ1n) is 13.2. The molecule has 0 aliphatic heterocycles. The van der Waals surface area contributed by atoms with Crippen LogP contribution in [-0.4, -0.2) is 89.5 Å². The molecule has 0 fully saturated rings. The van der Waals surface area contributed by atoms with Gasteiger partial charge in [0.15, 0.2) is 0 Å². The molecule has 2 atom stereocenters. The Bertz CT molecular complexity index is 744. The van der Waals surface area contributed by atoms with Crippen molar-refractivity contribution < 1.29 is 23.7 Å². The van der Waals surface area contributed by atoms with Crippen molar-refractivity contribution >= 4 is 48.3 Å². The molecule has 0 saturated carbocycles. The number of nitrogens with one attached hydrogen (secondary N) is 3. The van der Waals surface area contributed by atoms with Crippen LogP contribution >= 0.6 is 21.6 Å². The maximum atomic E-state index is 12.2. The van der Waals surface area contributed by atoms with Crippen LogP contribution in [0.3, 0.4) is 0 Å². The predicted octanol–water partition coefficient (Wildman–Crippen LogP) is 3.49. The molecule has 0 heterocycles. The summed E-state index contributed by atoms with van der Waals surface area (Å²) in [6.07, 6.45) is 4.46. The van der Waals surface area contributed by atoms with Crippen LogP contribution in [0.25, 0.3) is 0 Å². The third-order valence-electron chi connectivity index (χ3n) is 4.91. The molecule has 0 bridgehead atoms. The van der Waals surface area contributed by atoms with Crippen molar-refractivity contribution in [1.82, 2.24) is 15.4 Å². The number of hydrogen-bond donors (Lipinski definition) is 3. The zero-order valence-electron chi connectivity index (χ0n) is 23.3. The molecule has 8 nitrogen and oxygen atoms in total. The highest BCUT2D eigenvalue weighted by Crippen LogP contribution is 2.34. The molecule has 1 aromatic rings. The van der Waals surface area contributed by atoms with Crippen LogP contribution in [0, 0.1) is 0 Å². The van der Waals surface area contributed by atoms with E-state index in [1.165, 1.54) is 0 Å². The SMILES string of the molecule is CC(C)NCCOCCOCCOCCNC(=O)Cc1ccc(SSC(C)OCCCCNS(C)=S)cc1. The van der Waals surface area contributed by atoms with Gasteiger partial charge in [0.25, 0.3) is 0 Å². The molecule has 1 amide bonds. The van der Waals surface area contributed by atoms with Crippen LogP contribution in [-0.2, 0) is 51.0 Å². The highest BCUT2D eigenvalue weighted by Gasteiger charge is 2.07. The Hall–Kier alpha value is -0.280. The van der Waals surface area contributed by atoms with Crippen molar-refractivity contribution in [3.63, 3.8) is 0 Å². The van der Waals surface area contributed by atoms with Gasteiger partial charge in [0.2, 0.25) is 5.91 Å². The fourth-order valence-electron chi connectivity index (χ4n) is 2.98. The van der Waals surface area contributed by atoms with Crippen molar-refractivity contribution in [2.75, 3.05) is 72.1 Å². The van der Waals surface area contributed by atoms with Crippen molar-refractivity contribution in [2.24, 2.45) is 0 Å². The summed E-state index contributed by atoms with van der Waals surface area (Å²) in [6.45, 7) is 12.6. The second kappa shape index (κ2) is 24.5. The van der Waals surface area contributed by atoms with E-state index < -0.39 is 0 Å². The number of hydrogen-bond acceptors (Lipinski definition) is 9. The number of rotatable bonds is 25. The van der Waals surface area contributed by atoms with E-state index >= 15 is 0 Å². The Morgan fingerprint density at radius 2 is 1.53 bits per heavy atom. The Balaban J connectivity index is 1.99. The van der Waals surface area contributed by atoms with Crippen molar-refractivity contribution in [3.05, 3.63) is 29.8 Å². The number of benzene rings is 1. The van der Waals surface area contributed by atoms with Gasteiger partial charge in [-0.1, -0.05) is 57.2 Å². The molecule has 0 saturated heterocycles. The highest BCUT2D eigenvalue weighted by atomic mass is 33.1. The molecule has 0 aromatic heterocycles. The Morgan fingerprint density at radius 1 is 0.895 bits per heavy atom. The summed E-state index contributed by atoms with van der Waals surface area (Å²) in [5.74, 6) is -0.0106. The molecule has 1 rings (SSSR count). The van der Waals surface area contributed by atoms with Crippen LogP contribution in [0.4, 0.5) is 0 Å². The van der Waals surface area contributed by atoms with Gasteiger partial charge in [-0.2, -0.15) is 0 Å². The van der Waals surface area contributed by atoms with E-state index in [9.17, 15) is 4.79 Å². The third kappa shape index (κ3) is 22.5. The molecule has 3 N–H and O–H groups in total. The van der Waals surface area contributed by atoms with Crippen molar-refractivity contribution in [3.8, 4) is 0 Å². The van der Waals surface area contributed by atoms with E-state index in [-0.39, 0.29) is 21.0 Å². The summed E-state index contributed by atoms with van der Waals surface area (Å²) in [5, 5.41) is 6.19. The standard InChI is InChI=1S/C26H47N3O5S4/c1-22(2)27-12-15-31-17-19-33-20-18-32-16-13-28-26(30)21-24-7-9-25(10-8-24)37-36-23(3)34-14-6-5-11-29-38(4)35/h7-10,22-23,27,29H,5-6,11-21H2,1-4H3,(H,28,30). The van der Waals surface area contributed by atoms with Crippen LogP contribution < -0.4 is 15.4 Å². The molecule has 12 heteroatoms. The molecule has 1 aromatic carbocycles. The van der Waals surface area contributed by atoms with E-state index in [2.05, 4.69) is 36.1 Å². The first-order chi connectivity index (χ1) is 18.4. The van der Waals surface area contributed by atoms with Gasteiger partial charge in [-0.3, -0.25) is 9.52 Å². The lowest BCUT2D eigenvalue weighted by atomic mass is 10.1. The van der Waals surface area contributed by atoms with Crippen molar-refractivity contribution in [1.29, 1.82) is 0 Å². The molecule has 38 heavy (non-hydrogen) atoms. The molecule has 0 radical (unpaired) electrons. The fourth-order valence-corrected chi connectivity index (χ4v) is 5.55. The van der Waals surface area contributed by atoms with Gasteiger partial charge in [0.1, 0.15) is 5.44 Å². The molecule has 2 unspecified atom stereocenters. The number of ether oxygens (including phenoxy) is 4. The van der Waals surface area contributed by atoms with Gasteiger partial charge in [0.05, 0.1) is 46.1 Å². The number of unbranched alkanes of at least 4 members (excludes halogenated alkanes) is 1. The summed E-state index contributed by atoms with van der Waals surface area (Å²) in [7, 11) is 3.27. The van der Waals surface area contributed by atoms with E-state index in [1.807, 2.05) is 30.5 Å². The number of amides is 1. The lowest BCUT2D eigenvalue weighted by molar-refractivity contribution is -0.120. The average Bonchev–Trinajstić information content (AvgIpc) is 2.88. The number of carbonyl (C=O) groups is 1. The largest absolute Gasteiger partial charge is 0.378 e. The Kier molecular flexibility index (Phi) is 23.1. The van der Waals surface area contributed by atoms with Gasteiger partial charge in [-0.25, -0.2) is 0 Å². The summed E-state index contributed by atoms with van der Waals surface area (Å²) >= 11 is 5.11. The smallest absolute Gasteiger partial charge is 0.224 e. The summed E-state index contributed by atoms with van der Waals surface area (Å²) in [4.78, 5) is 13.3. The van der Waals surface area contributed by atoms with Gasteiger partial charge >= 0.3 is 0 Å². The van der Waals surface area contributed by atoms with Crippen LogP contribution in [0.1, 0.15) is 39.2 Å². The van der Waals surface area contributed by atoms with Gasteiger partial charge in [0, 0.05) is 37.2 Å². The molecule has 220 valence electrons. The quantitative estimate of drug-likeness (QED) is 0.0870. The normalized spacial score (nSPS) is 13.1. The van der Waals surface area contributed by atoms with Gasteiger partial charge in [-0.05, 0) is 54.9 Å². The zero-order valence-corrected chi connectivity index (χ0v) is 26.6. The Morgan fingerprint density at radius 3 is 2.16 bits per heavy atom. The highest BCUT2D eigenvalue weighted by molar-refractivity contribution is 8.76. The lowest BCUT2D eigenvalue weighted by Gasteiger charge is -2.12. The van der Waals surface area contributed by atoms with Crippen LogP contribution in [0.15, 0.2) is 29.2 Å². The molecular weight excluding hydrogens is 563 g/mol. The Labute approximate surface area is 244 Å². The summed E-state index contributed by atoms with van der Waals surface area (Å²) in [6, 6.07) is 8.57. The topological polar surface area (TPSA) is 90.1 Å². The number of carbonyl (C=O) groups excluding carboxylic acids is 1. The monoisotopic (exact) mass is 609 g/mol. The predicted molar refractivity (Wildman–Crippen MR) is 166 cm³/mol. The molecule has 0 aliphatic carbocycles. The van der Waals surface area contributed by atoms with Gasteiger partial charge < -0.3 is 29.6 Å². The lowest BCUT2D eigenvalue weighted by Crippen LogP contribution is -2.29. The third-order valence-corrected chi connectivity index (χ3v) is 8.52. The zero-order chi connectivity index (χ0) is 27.8. The fraction of sp³-hybridized carbons (Fsp3) is 0.731.